The van der Waals surface area contributed by atoms with Gasteiger partial charge in [0, 0.05) is 12.8 Å². The van der Waals surface area contributed by atoms with Crippen LogP contribution in [-0.4, -0.2) is 56.1 Å². The maximum absolute atomic E-state index is 12.0. The molecule has 4 aliphatic carbocycles. The summed E-state index contributed by atoms with van der Waals surface area (Å²) in [6.45, 7) is 12.5. The van der Waals surface area contributed by atoms with Gasteiger partial charge in [0.2, 0.25) is 0 Å². The van der Waals surface area contributed by atoms with E-state index in [1.54, 1.807) is 27.7 Å². The van der Waals surface area contributed by atoms with Crippen LogP contribution in [0.4, 0.5) is 0 Å². The molecule has 4 aliphatic rings. The third kappa shape index (κ3) is 18.0. The summed E-state index contributed by atoms with van der Waals surface area (Å²) in [5.41, 5.74) is 1.99. The van der Waals surface area contributed by atoms with E-state index in [-0.39, 0.29) is 45.8 Å². The molecule has 9 nitrogen and oxygen atoms in total. The second kappa shape index (κ2) is 23.7. The number of esters is 4. The first-order valence-electron chi connectivity index (χ1n) is 17.1. The normalized spacial score (nSPS) is 21.1. The van der Waals surface area contributed by atoms with Gasteiger partial charge >= 0.3 is 73.4 Å². The molecule has 0 aromatic rings. The van der Waals surface area contributed by atoms with Crippen molar-refractivity contribution in [3.63, 3.8) is 0 Å². The third-order valence-corrected chi connectivity index (χ3v) is 8.81. The van der Waals surface area contributed by atoms with E-state index in [9.17, 15) is 24.0 Å². The molecule has 0 aromatic heterocycles. The minimum atomic E-state index is -3.11. The van der Waals surface area contributed by atoms with Crippen LogP contribution >= 0.6 is 37.2 Å². The van der Waals surface area contributed by atoms with E-state index in [4.69, 9.17) is 46.7 Å². The molecule has 0 atom stereocenters. The average Bonchev–Trinajstić information content (AvgIpc) is 2.89. The molecular weight excluding hydrogens is 754 g/mol. The zero-order valence-corrected chi connectivity index (χ0v) is 33.9. The summed E-state index contributed by atoms with van der Waals surface area (Å²) in [4.78, 5) is 56.0. The van der Waals surface area contributed by atoms with Crippen molar-refractivity contribution in [1.82, 2.24) is 0 Å². The molecule has 0 aliphatic heterocycles. The number of carbonyl (C=O) groups is 5. The first-order chi connectivity index (χ1) is 22.5. The number of rotatable bonds is 12. The zero-order chi connectivity index (χ0) is 36.5. The van der Waals surface area contributed by atoms with Gasteiger partial charge in [-0.2, -0.15) is 0 Å². The topological polar surface area (TPSA) is 122 Å². The second-order valence-corrected chi connectivity index (χ2v) is 28.5. The number of halogens is 4. The van der Waals surface area contributed by atoms with Crippen LogP contribution in [0.5, 0.6) is 0 Å². The summed E-state index contributed by atoms with van der Waals surface area (Å²) in [5.74, 6) is 0.186. The molecule has 0 saturated heterocycles. The van der Waals surface area contributed by atoms with E-state index in [0.29, 0.717) is 16.6 Å². The fourth-order valence-corrected chi connectivity index (χ4v) is 7.27. The van der Waals surface area contributed by atoms with Crippen LogP contribution < -0.4 is 0 Å². The number of carbonyl (C=O) groups excluding carboxylic acids is 5. The molecule has 0 heterocycles. The molecule has 284 valence electrons. The van der Waals surface area contributed by atoms with Crippen LogP contribution in [-0.2, 0) is 55.3 Å². The Morgan fingerprint density at radius 2 is 0.959 bits per heavy atom. The van der Waals surface area contributed by atoms with Crippen molar-refractivity contribution in [3.05, 3.63) is 11.1 Å². The van der Waals surface area contributed by atoms with E-state index in [1.807, 2.05) is 0 Å². The van der Waals surface area contributed by atoms with Gasteiger partial charge in [0.05, 0.1) is 26.4 Å². The van der Waals surface area contributed by atoms with E-state index in [2.05, 4.69) is 23.3 Å². The Balaban J connectivity index is 0.000000699. The van der Waals surface area contributed by atoms with Crippen molar-refractivity contribution >= 4 is 66.9 Å². The first-order valence-corrected chi connectivity index (χ1v) is 25.7. The third-order valence-electron chi connectivity index (χ3n) is 8.81. The summed E-state index contributed by atoms with van der Waals surface area (Å²) in [6.07, 6.45) is 13.7. The summed E-state index contributed by atoms with van der Waals surface area (Å²) in [6, 6.07) is 0. The number of allylic oxidation sites excluding steroid dienone is 1. The average molecular weight is 813 g/mol. The first kappa shape index (κ1) is 48.2. The number of ketones is 1. The summed E-state index contributed by atoms with van der Waals surface area (Å²) in [5, 5.41) is 0. The molecule has 4 saturated carbocycles. The van der Waals surface area contributed by atoms with Crippen molar-refractivity contribution in [3.8, 4) is 0 Å². The number of Topliss-reactive ketones (excluding diaryl/α,β-unsaturated/α-hetero) is 1. The maximum atomic E-state index is 12.0. The zero-order valence-electron chi connectivity index (χ0n) is 29.4. The summed E-state index contributed by atoms with van der Waals surface area (Å²) < 4.78 is 19.1. The monoisotopic (exact) mass is 810 g/mol. The Labute approximate surface area is 313 Å². The molecule has 2 spiro atoms. The number of hydrogen-bond donors (Lipinski definition) is 0. The Kier molecular flexibility index (Phi) is 23.3. The van der Waals surface area contributed by atoms with Crippen molar-refractivity contribution in [2.45, 2.75) is 132 Å². The van der Waals surface area contributed by atoms with E-state index in [0.717, 1.165) is 43.1 Å². The van der Waals surface area contributed by atoms with Crippen molar-refractivity contribution in [1.29, 1.82) is 0 Å². The van der Waals surface area contributed by atoms with Crippen LogP contribution in [0.15, 0.2) is 11.1 Å². The van der Waals surface area contributed by atoms with Gasteiger partial charge in [0.15, 0.2) is 0 Å². The molecular formula is C35H58Cl4O9Ti. The van der Waals surface area contributed by atoms with Crippen LogP contribution in [0, 0.1) is 22.7 Å². The fourth-order valence-electron chi connectivity index (χ4n) is 7.27. The van der Waals surface area contributed by atoms with Gasteiger partial charge in [-0.3, -0.25) is 14.4 Å². The van der Waals surface area contributed by atoms with E-state index >= 15 is 0 Å². The Morgan fingerprint density at radius 3 is 1.24 bits per heavy atom. The Hall–Kier alpha value is -0.836. The predicted octanol–water partition coefficient (Wildman–Crippen LogP) is 9.84. The Morgan fingerprint density at radius 1 is 0.633 bits per heavy atom. The van der Waals surface area contributed by atoms with Crippen LogP contribution in [0.2, 0.25) is 0 Å². The van der Waals surface area contributed by atoms with Gasteiger partial charge in [0.1, 0.15) is 17.8 Å². The molecule has 0 unspecified atom stereocenters. The molecule has 0 radical (unpaired) electrons. The molecule has 4 rings (SSSR count). The molecule has 49 heavy (non-hydrogen) atoms. The molecule has 0 bridgehead atoms. The van der Waals surface area contributed by atoms with Crippen LogP contribution in [0.3, 0.4) is 0 Å². The molecule has 0 N–H and O–H groups in total. The number of ether oxygens (including phenoxy) is 4. The van der Waals surface area contributed by atoms with Gasteiger partial charge in [-0.25, -0.2) is 9.59 Å². The number of hydrogen-bond acceptors (Lipinski definition) is 9. The van der Waals surface area contributed by atoms with Crippen LogP contribution in [0.1, 0.15) is 132 Å². The molecule has 4 fully saturated rings. The molecule has 0 aromatic carbocycles. The van der Waals surface area contributed by atoms with Crippen molar-refractivity contribution < 1.29 is 55.3 Å². The van der Waals surface area contributed by atoms with Crippen LogP contribution in [0.25, 0.3) is 0 Å². The summed E-state index contributed by atoms with van der Waals surface area (Å²) >= 11 is -3.11. The van der Waals surface area contributed by atoms with Crippen molar-refractivity contribution in [2.24, 2.45) is 22.7 Å². The standard InChI is InChI=1S/C17H26O4.C10H16O.C7H12O4.CH4.4ClH.Ti/c1-4-7-12-8-17(9-12)10-13(11-17)14(15(18)20-5-2)16(19)21-6-3;1-2-3-8-4-10(5-8)6-9(11)7-10;1-3-10-6(8)5-7(9)11-4-2;;;;;;/h12H,4-11H2,1-3H3;8H,2-7H2,1H3;3-5H2,1-2H3;1H4;4*1H;/q;;;;;;;;+4/p-4. The summed E-state index contributed by atoms with van der Waals surface area (Å²) in [7, 11) is 20.1. The van der Waals surface area contributed by atoms with Gasteiger partial charge < -0.3 is 18.9 Å². The second-order valence-electron chi connectivity index (χ2n) is 13.0. The van der Waals surface area contributed by atoms with Gasteiger partial charge in [-0.05, 0) is 94.5 Å². The molecule has 0 amide bonds. The SMILES string of the molecule is C.CCCC1CC2(CC(=C(C(=O)OCC)C(=O)OCC)C2)C1.CCCC1CC2(CC(=O)C2)C1.CCOC(=O)CC(=O)OCC.[Cl][Ti]([Cl])([Cl])[Cl]. The fraction of sp³-hybridized carbons (Fsp3) is 0.800. The van der Waals surface area contributed by atoms with Gasteiger partial charge in [-0.15, -0.1) is 0 Å². The van der Waals surface area contributed by atoms with E-state index in [1.165, 1.54) is 51.4 Å². The Bertz CT molecular complexity index is 1050. The van der Waals surface area contributed by atoms with Crippen molar-refractivity contribution in [2.75, 3.05) is 26.4 Å². The minimum absolute atomic E-state index is 0. The van der Waals surface area contributed by atoms with Gasteiger partial charge in [-0.1, -0.05) is 47.0 Å². The molecule has 14 heteroatoms. The van der Waals surface area contributed by atoms with E-state index < -0.39 is 36.2 Å². The predicted molar refractivity (Wildman–Crippen MR) is 192 cm³/mol. The quantitative estimate of drug-likeness (QED) is 0.0473. The van der Waals surface area contributed by atoms with Gasteiger partial charge in [0.25, 0.3) is 0 Å².